The molecule has 57 heavy (non-hydrogen) atoms. The van der Waals surface area contributed by atoms with E-state index in [1.165, 1.54) is 18.2 Å². The minimum atomic E-state index is -4.73. The maximum absolute atomic E-state index is 11.8. The van der Waals surface area contributed by atoms with E-state index >= 15 is 0 Å². The zero-order valence-electron chi connectivity index (χ0n) is 32.9. The first-order valence-electron chi connectivity index (χ1n) is 16.7. The van der Waals surface area contributed by atoms with Gasteiger partial charge in [0.15, 0.2) is 5.71 Å². The van der Waals surface area contributed by atoms with E-state index in [0.29, 0.717) is 52.8 Å². The van der Waals surface area contributed by atoms with Gasteiger partial charge in [0.05, 0.1) is 42.6 Å². The minimum absolute atomic E-state index is 0. The van der Waals surface area contributed by atoms with E-state index < -0.39 is 52.7 Å². The molecule has 0 fully saturated rings. The molecule has 0 atom stereocenters. The molecule has 296 valence electrons. The van der Waals surface area contributed by atoms with Crippen LogP contribution in [0.3, 0.4) is 0 Å². The monoisotopic (exact) mass is 912 g/mol. The van der Waals surface area contributed by atoms with Crippen molar-refractivity contribution in [2.45, 2.75) is 74.0 Å². The number of rotatable bonds is 18. The summed E-state index contributed by atoms with van der Waals surface area (Å²) in [6, 6.07) is 9.59. The molecule has 2 aliphatic heterocycles. The van der Waals surface area contributed by atoms with Crippen LogP contribution in [0.4, 0.5) is 11.4 Å². The van der Waals surface area contributed by atoms with Gasteiger partial charge in [-0.25, -0.2) is 25.3 Å². The van der Waals surface area contributed by atoms with E-state index in [4.69, 9.17) is 11.6 Å². The van der Waals surface area contributed by atoms with Crippen LogP contribution in [0, 0.1) is 0 Å². The van der Waals surface area contributed by atoms with Gasteiger partial charge in [0.1, 0.15) is 16.7 Å². The quantitative estimate of drug-likeness (QED) is 0.0203. The molecule has 0 amide bonds. The SMILES string of the molecule is CC1(C)C(C=CC(Cl)=CC=C/C=C2/N(CCCCS(=O)(=O)[O-])c3ccc(SOO[O-])cc3C2(C)C)=[N+](CCCCS(=O)(=O)[O-])c2ccc(S(=O)(=O)[O-])cc21.[Na+].[Na+].[Na+]. The number of benzene rings is 2. The summed E-state index contributed by atoms with van der Waals surface area (Å²) in [5.74, 6) is -0.990. The molecule has 0 saturated heterocycles. The Morgan fingerprint density at radius 3 is 2.07 bits per heavy atom. The van der Waals surface area contributed by atoms with Gasteiger partial charge in [-0.15, -0.1) is 0 Å². The molecule has 2 heterocycles. The molecular weight excluding hydrogens is 873 g/mol. The molecular formula is C35H40ClN2Na3O12S4. The molecule has 0 aromatic heterocycles. The zero-order chi connectivity index (χ0) is 40.1. The summed E-state index contributed by atoms with van der Waals surface area (Å²) >= 11 is 7.39. The van der Waals surface area contributed by atoms with Crippen LogP contribution >= 0.6 is 23.6 Å². The number of nitrogens with zero attached hydrogens (tertiary/aromatic N) is 2. The second kappa shape index (κ2) is 23.0. The predicted molar refractivity (Wildman–Crippen MR) is 200 cm³/mol. The number of halogens is 1. The van der Waals surface area contributed by atoms with Crippen LogP contribution in [0.5, 0.6) is 0 Å². The predicted octanol–water partition coefficient (Wildman–Crippen LogP) is -4.22. The Kier molecular flexibility index (Phi) is 22.2. The molecule has 0 radical (unpaired) electrons. The largest absolute Gasteiger partial charge is 1.00 e. The Balaban J connectivity index is 0.00000541. The van der Waals surface area contributed by atoms with Crippen molar-refractivity contribution in [1.82, 2.24) is 0 Å². The van der Waals surface area contributed by atoms with E-state index in [-0.39, 0.29) is 106 Å². The average Bonchev–Trinajstić information content (AvgIpc) is 3.41. The van der Waals surface area contributed by atoms with Crippen molar-refractivity contribution in [3.63, 3.8) is 0 Å². The first-order chi connectivity index (χ1) is 25.1. The fraction of sp³-hybridized carbons (Fsp3) is 0.400. The zero-order valence-corrected chi connectivity index (χ0v) is 42.9. The maximum atomic E-state index is 11.8. The van der Waals surface area contributed by atoms with E-state index in [9.17, 15) is 44.2 Å². The summed E-state index contributed by atoms with van der Waals surface area (Å²) in [5.41, 5.74) is 3.26. The fourth-order valence-corrected chi connectivity index (χ4v) is 8.80. The van der Waals surface area contributed by atoms with Crippen LogP contribution < -0.4 is 98.8 Å². The third kappa shape index (κ3) is 15.2. The van der Waals surface area contributed by atoms with Crippen LogP contribution in [0.25, 0.3) is 0 Å². The number of unbranched alkanes of at least 4 members (excludes halogenated alkanes) is 2. The van der Waals surface area contributed by atoms with Crippen molar-refractivity contribution in [1.29, 1.82) is 0 Å². The summed E-state index contributed by atoms with van der Waals surface area (Å²) in [7, 11) is -13.5. The van der Waals surface area contributed by atoms with Gasteiger partial charge in [-0.1, -0.05) is 37.6 Å². The Hall–Kier alpha value is 0.120. The van der Waals surface area contributed by atoms with Gasteiger partial charge in [0.2, 0.25) is 5.69 Å². The fourth-order valence-electron chi connectivity index (χ4n) is 6.66. The Morgan fingerprint density at radius 1 is 0.842 bits per heavy atom. The van der Waals surface area contributed by atoms with Crippen LogP contribution in [0.2, 0.25) is 0 Å². The van der Waals surface area contributed by atoms with Crippen LogP contribution in [-0.2, 0) is 50.6 Å². The molecule has 0 spiro atoms. The Bertz CT molecular complexity index is 2240. The third-order valence-electron chi connectivity index (χ3n) is 9.25. The molecule has 0 unspecified atom stereocenters. The summed E-state index contributed by atoms with van der Waals surface area (Å²) < 4.78 is 109. The van der Waals surface area contributed by atoms with E-state index in [0.717, 1.165) is 29.0 Å². The number of hydrogen-bond donors (Lipinski definition) is 0. The summed E-state index contributed by atoms with van der Waals surface area (Å²) in [6.45, 7) is 8.48. The number of anilines is 1. The van der Waals surface area contributed by atoms with Crippen LogP contribution in [-0.4, -0.2) is 73.8 Å². The smallest absolute Gasteiger partial charge is 0.748 e. The van der Waals surface area contributed by atoms with Gasteiger partial charge >= 0.3 is 88.7 Å². The van der Waals surface area contributed by atoms with E-state index in [1.807, 2.05) is 55.4 Å². The van der Waals surface area contributed by atoms with Gasteiger partial charge in [-0.3, -0.25) is 5.04 Å². The summed E-state index contributed by atoms with van der Waals surface area (Å²) in [5, 5.41) is 14.2. The normalized spacial score (nSPS) is 17.1. The van der Waals surface area contributed by atoms with Crippen molar-refractivity contribution in [2.75, 3.05) is 29.5 Å². The van der Waals surface area contributed by atoms with E-state index in [1.54, 1.807) is 36.4 Å². The molecule has 2 aromatic rings. The van der Waals surface area contributed by atoms with Crippen molar-refractivity contribution in [2.24, 2.45) is 0 Å². The van der Waals surface area contributed by atoms with Gasteiger partial charge < -0.3 is 23.8 Å². The molecule has 0 aliphatic carbocycles. The van der Waals surface area contributed by atoms with Gasteiger partial charge in [-0.2, -0.15) is 8.91 Å². The minimum Gasteiger partial charge on any atom is -0.748 e. The van der Waals surface area contributed by atoms with Gasteiger partial charge in [0, 0.05) is 68.9 Å². The molecule has 0 saturated carbocycles. The van der Waals surface area contributed by atoms with Crippen molar-refractivity contribution < 1.29 is 147 Å². The standard InChI is InChI=1S/C35H43ClN2O12S4.3Na/c1-34(2)28-23-26(51-50-49-39)14-16-30(28)37(19-7-9-21-52(40,41)42)32(34)12-6-5-11-25(36)13-18-33-35(3,4)29-24-27(54(46,47)48)15-17-31(29)38(33)20-8-10-22-53(43,44)45;;;/h5-6,11-18,23-24H,7-10,19-22H2,1-4H3,(H3-,39,40,41,42,43,44,45,46,47,48);;;/q;3*+1/p-3. The summed E-state index contributed by atoms with van der Waals surface area (Å²) in [4.78, 5) is 2.30. The van der Waals surface area contributed by atoms with E-state index in [2.05, 4.69) is 9.37 Å². The van der Waals surface area contributed by atoms with Crippen LogP contribution in [0.1, 0.15) is 64.5 Å². The Labute approximate surface area is 411 Å². The molecule has 22 heteroatoms. The van der Waals surface area contributed by atoms with Crippen molar-refractivity contribution >= 4 is 71.1 Å². The molecule has 0 bridgehead atoms. The average molecular weight is 913 g/mol. The van der Waals surface area contributed by atoms with Crippen molar-refractivity contribution in [3.8, 4) is 0 Å². The molecule has 14 nitrogen and oxygen atoms in total. The van der Waals surface area contributed by atoms with Crippen molar-refractivity contribution in [3.05, 3.63) is 94.7 Å². The topological polar surface area (TPSA) is 219 Å². The maximum Gasteiger partial charge on any atom is 1.00 e. The van der Waals surface area contributed by atoms with Crippen LogP contribution in [0.15, 0.2) is 93.4 Å². The molecule has 2 aromatic carbocycles. The first kappa shape index (κ1) is 55.1. The number of fused-ring (bicyclic) bond motifs is 2. The summed E-state index contributed by atoms with van der Waals surface area (Å²) in [6.07, 6.45) is 11.6. The molecule has 2 aliphatic rings. The second-order valence-corrected chi connectivity index (χ2v) is 19.4. The Morgan fingerprint density at radius 2 is 1.47 bits per heavy atom. The number of allylic oxidation sites excluding steroid dienone is 8. The molecule has 0 N–H and O–H groups in total. The second-order valence-electron chi connectivity index (χ2n) is 13.7. The third-order valence-corrected chi connectivity index (χ3v) is 12.5. The first-order valence-corrected chi connectivity index (χ1v) is 22.3. The number of hydrogen-bond acceptors (Lipinski definition) is 14. The van der Waals surface area contributed by atoms with Gasteiger partial charge in [0.25, 0.3) is 0 Å². The molecule has 4 rings (SSSR count). The van der Waals surface area contributed by atoms with Gasteiger partial charge in [-0.05, 0) is 87.2 Å².